The van der Waals surface area contributed by atoms with Crippen LogP contribution in [0.4, 0.5) is 4.39 Å². The Labute approximate surface area is 303 Å². The third-order valence-electron chi connectivity index (χ3n) is 13.6. The van der Waals surface area contributed by atoms with Gasteiger partial charge in [0.05, 0.1) is 24.2 Å². The molecule has 1 saturated carbocycles. The van der Waals surface area contributed by atoms with E-state index in [1.54, 1.807) is 12.1 Å². The minimum absolute atomic E-state index is 0.0166. The molecule has 4 aromatic rings. The molecule has 7 atom stereocenters. The van der Waals surface area contributed by atoms with E-state index in [4.69, 9.17) is 20.4 Å². The van der Waals surface area contributed by atoms with Crippen LogP contribution in [0.3, 0.4) is 0 Å². The highest BCUT2D eigenvalue weighted by atomic mass is 19.1. The SMILES string of the molecule is [2H]COC1CCC(n2c([C@]34OC5(c6ccc(F)cc6)C6=C(C=C[C@@H]5O)C[C@@H]5[C@H](C=C[C@@H]3O)[C@@]64CCN5C)nc3cc(-c4c(C)noc4C)ccc32)CC1. The maximum absolute atomic E-state index is 14.6. The molecule has 270 valence electrons. The number of ether oxygens (including phenoxy) is 2. The molecule has 2 N–H and O–H groups in total. The van der Waals surface area contributed by atoms with Crippen LogP contribution in [-0.4, -0.2) is 74.9 Å². The van der Waals surface area contributed by atoms with Crippen LogP contribution in [0, 0.1) is 31.0 Å². The molecule has 2 aliphatic heterocycles. The number of halogens is 1. The van der Waals surface area contributed by atoms with Gasteiger partial charge in [0.1, 0.15) is 35.2 Å². The fraction of sp³-hybridized carbons (Fsp3) is 0.476. The fourth-order valence-corrected chi connectivity index (χ4v) is 11.4. The van der Waals surface area contributed by atoms with E-state index in [1.807, 2.05) is 26.0 Å². The van der Waals surface area contributed by atoms with Gasteiger partial charge < -0.3 is 33.7 Å². The summed E-state index contributed by atoms with van der Waals surface area (Å²) >= 11 is 0. The van der Waals surface area contributed by atoms with Crippen LogP contribution in [0.5, 0.6) is 0 Å². The number of piperidine rings is 1. The van der Waals surface area contributed by atoms with Crippen LogP contribution >= 0.6 is 0 Å². The summed E-state index contributed by atoms with van der Waals surface area (Å²) in [6.07, 6.45) is 10.4. The number of imidazole rings is 1. The molecule has 2 aromatic carbocycles. The molecule has 3 fully saturated rings. The van der Waals surface area contributed by atoms with Crippen LogP contribution in [0.2, 0.25) is 0 Å². The van der Waals surface area contributed by atoms with Crippen molar-refractivity contribution < 1.29 is 30.0 Å². The summed E-state index contributed by atoms with van der Waals surface area (Å²) < 4.78 is 43.7. The minimum atomic E-state index is -1.41. The van der Waals surface area contributed by atoms with Gasteiger partial charge in [-0.25, -0.2) is 9.37 Å². The number of hydrogen-bond acceptors (Lipinski definition) is 8. The summed E-state index contributed by atoms with van der Waals surface area (Å²) in [6.45, 7) is 4.62. The highest BCUT2D eigenvalue weighted by molar-refractivity contribution is 5.84. The lowest BCUT2D eigenvalue weighted by atomic mass is 9.46. The first-order valence-corrected chi connectivity index (χ1v) is 18.6. The molecule has 10 heteroatoms. The third-order valence-corrected chi connectivity index (χ3v) is 13.6. The molecule has 2 aromatic heterocycles. The predicted octanol–water partition coefficient (Wildman–Crippen LogP) is 6.57. The van der Waals surface area contributed by atoms with Crippen molar-refractivity contribution in [1.29, 1.82) is 0 Å². The van der Waals surface area contributed by atoms with Gasteiger partial charge in [-0.2, -0.15) is 0 Å². The number of aliphatic hydroxyl groups is 2. The van der Waals surface area contributed by atoms with Gasteiger partial charge in [0.2, 0.25) is 0 Å². The number of nitrogens with zero attached hydrogens (tertiary/aromatic N) is 4. The van der Waals surface area contributed by atoms with E-state index in [9.17, 15) is 14.6 Å². The molecule has 9 nitrogen and oxygen atoms in total. The lowest BCUT2D eigenvalue weighted by molar-refractivity contribution is -0.227. The molecule has 4 aliphatic carbocycles. The number of aryl methyl sites for hydroxylation is 2. The zero-order valence-electron chi connectivity index (χ0n) is 30.8. The Hall–Kier alpha value is -3.93. The number of fused-ring (bicyclic) bond motifs is 1. The smallest absolute Gasteiger partial charge is 0.167 e. The van der Waals surface area contributed by atoms with Gasteiger partial charge in [0, 0.05) is 36.1 Å². The first-order chi connectivity index (χ1) is 25.6. The van der Waals surface area contributed by atoms with Crippen molar-refractivity contribution in [3.8, 4) is 11.1 Å². The lowest BCUT2D eigenvalue weighted by Gasteiger charge is -2.61. The second-order valence-corrected chi connectivity index (χ2v) is 15.9. The monoisotopic (exact) mass is 705 g/mol. The molecule has 0 amide bonds. The topological polar surface area (TPSA) is 106 Å². The van der Waals surface area contributed by atoms with E-state index >= 15 is 0 Å². The summed E-state index contributed by atoms with van der Waals surface area (Å²) in [5.41, 5.74) is 3.57. The van der Waals surface area contributed by atoms with Crippen molar-refractivity contribution in [3.05, 3.63) is 107 Å². The quantitative estimate of drug-likeness (QED) is 0.225. The summed E-state index contributed by atoms with van der Waals surface area (Å²) in [5.74, 6) is 0.964. The van der Waals surface area contributed by atoms with Gasteiger partial charge in [-0.1, -0.05) is 47.7 Å². The Morgan fingerprint density at radius 3 is 2.58 bits per heavy atom. The van der Waals surface area contributed by atoms with Crippen LogP contribution in [0.1, 0.15) is 68.8 Å². The number of allylic oxidation sites excluding steroid dienone is 1. The summed E-state index contributed by atoms with van der Waals surface area (Å²) in [7, 11) is 2.12. The summed E-state index contributed by atoms with van der Waals surface area (Å²) in [6, 6.07) is 12.8. The molecule has 10 rings (SSSR count). The second-order valence-electron chi connectivity index (χ2n) is 15.9. The van der Waals surface area contributed by atoms with Crippen molar-refractivity contribution in [2.75, 3.05) is 20.7 Å². The molecule has 0 radical (unpaired) electrons. The first-order valence-electron chi connectivity index (χ1n) is 19.3. The van der Waals surface area contributed by atoms with Crippen molar-refractivity contribution in [1.82, 2.24) is 19.6 Å². The number of hydrogen-bond donors (Lipinski definition) is 2. The van der Waals surface area contributed by atoms with E-state index < -0.39 is 28.8 Å². The molecule has 6 aliphatic rings. The largest absolute Gasteiger partial charge is 0.385 e. The number of rotatable bonds is 5. The molecule has 2 bridgehead atoms. The minimum Gasteiger partial charge on any atom is -0.385 e. The molecule has 1 unspecified atom stereocenters. The maximum atomic E-state index is 14.6. The number of aromatic nitrogens is 3. The average molecular weight is 706 g/mol. The zero-order valence-corrected chi connectivity index (χ0v) is 29.8. The summed E-state index contributed by atoms with van der Waals surface area (Å²) in [4.78, 5) is 8.01. The van der Waals surface area contributed by atoms with Crippen molar-refractivity contribution >= 4 is 11.0 Å². The number of methoxy groups -OCH3 is 1. The van der Waals surface area contributed by atoms with Gasteiger partial charge in [-0.3, -0.25) is 0 Å². The van der Waals surface area contributed by atoms with E-state index in [1.165, 1.54) is 12.1 Å². The van der Waals surface area contributed by atoms with Gasteiger partial charge in [0.15, 0.2) is 5.60 Å². The van der Waals surface area contributed by atoms with Crippen LogP contribution in [-0.2, 0) is 20.7 Å². The van der Waals surface area contributed by atoms with Crippen LogP contribution < -0.4 is 0 Å². The first kappa shape index (κ1) is 31.6. The second kappa shape index (κ2) is 11.3. The molecular weight excluding hydrogens is 659 g/mol. The molecular formula is C42H45FN4O5. The predicted molar refractivity (Wildman–Crippen MR) is 193 cm³/mol. The van der Waals surface area contributed by atoms with E-state index in [2.05, 4.69) is 52.0 Å². The Kier molecular flexibility index (Phi) is 6.86. The van der Waals surface area contributed by atoms with Crippen molar-refractivity contribution in [3.63, 3.8) is 0 Å². The van der Waals surface area contributed by atoms with E-state index in [0.717, 1.165) is 83.4 Å². The maximum Gasteiger partial charge on any atom is 0.167 e. The van der Waals surface area contributed by atoms with Crippen molar-refractivity contribution in [2.45, 2.75) is 94.0 Å². The normalized spacial score (nSPS) is 36.8. The zero-order chi connectivity index (χ0) is 36.4. The van der Waals surface area contributed by atoms with Gasteiger partial charge >= 0.3 is 0 Å². The Balaban J connectivity index is 1.28. The fourth-order valence-electron chi connectivity index (χ4n) is 11.4. The van der Waals surface area contributed by atoms with Gasteiger partial charge in [-0.15, -0.1) is 0 Å². The van der Waals surface area contributed by atoms with Crippen LogP contribution in [0.15, 0.2) is 82.4 Å². The molecule has 52 heavy (non-hydrogen) atoms. The highest BCUT2D eigenvalue weighted by Gasteiger charge is 2.80. The molecule has 4 heterocycles. The Morgan fingerprint density at radius 1 is 1.02 bits per heavy atom. The highest BCUT2D eigenvalue weighted by Crippen LogP contribution is 2.76. The third kappa shape index (κ3) is 3.99. The number of likely N-dealkylation sites (tertiary alicyclic amines) is 1. The average Bonchev–Trinajstić information content (AvgIpc) is 3.80. The van der Waals surface area contributed by atoms with Crippen LogP contribution in [0.25, 0.3) is 22.2 Å². The standard InChI is InChI=1S/C42H45FN4O5/c1-23-37(24(2)51-45-23)25-5-16-33-32(21-25)44-39(47(33)29-11-13-30(50-4)14-12-29)42-36(49)18-15-31-34-22-26-6-17-35(48)41(52-42,27-7-9-28(43)10-8-27)38(26)40(31,42)19-20-46(34)3/h5-10,15-18,21,29-31,34-36,48-49H,11-14,19-20,22H2,1-4H3/t29?,30?,31-,34+,35-,36-,40-,41?,42+/m0/s1/i4D. The summed E-state index contributed by atoms with van der Waals surface area (Å²) in [5, 5.41) is 29.4. The van der Waals surface area contributed by atoms with Crippen molar-refractivity contribution in [2.24, 2.45) is 11.3 Å². The van der Waals surface area contributed by atoms with Gasteiger partial charge in [0.25, 0.3) is 0 Å². The number of benzene rings is 2. The molecule has 1 spiro atoms. The Bertz CT molecular complexity index is 2200. The molecule has 2 saturated heterocycles. The lowest BCUT2D eigenvalue weighted by Crippen LogP contribution is -2.66. The van der Waals surface area contributed by atoms with E-state index in [0.29, 0.717) is 17.8 Å². The van der Waals surface area contributed by atoms with Gasteiger partial charge in [-0.05, 0) is 113 Å². The number of aliphatic hydroxyl groups excluding tert-OH is 2. The Morgan fingerprint density at radius 2 is 1.83 bits per heavy atom. The van der Waals surface area contributed by atoms with E-state index in [-0.39, 0.29) is 37.0 Å².